The highest BCUT2D eigenvalue weighted by Gasteiger charge is 2.31. The molecule has 2 rings (SSSR count). The highest BCUT2D eigenvalue weighted by molar-refractivity contribution is 7.87. The zero-order valence-electron chi connectivity index (χ0n) is 12.7. The molecule has 0 aliphatic heterocycles. The Hall–Kier alpha value is -2.08. The first-order chi connectivity index (χ1) is 11.0. The Morgan fingerprint density at radius 2 is 1.75 bits per heavy atom. The molecular formula is C13H14N2O7S2. The first-order valence-electron chi connectivity index (χ1n) is 6.39. The summed E-state index contributed by atoms with van der Waals surface area (Å²) in [5.41, 5.74) is 4.81. The number of hydrogen-bond donors (Lipinski definition) is 2. The lowest BCUT2D eigenvalue weighted by atomic mass is 9.91. The summed E-state index contributed by atoms with van der Waals surface area (Å²) in [6, 6.07) is 1.02. The van der Waals surface area contributed by atoms with Crippen molar-refractivity contribution in [1.82, 2.24) is 0 Å². The van der Waals surface area contributed by atoms with Gasteiger partial charge in [0.15, 0.2) is 0 Å². The SMILES string of the molecule is COS(=O)(=O)Cc1cc(S(=O)(=O)OC)c2c(c1N)C(=O)C(=N)C=C2. The van der Waals surface area contributed by atoms with Crippen LogP contribution in [0, 0.1) is 5.41 Å². The molecule has 1 aromatic carbocycles. The number of ketones is 1. The van der Waals surface area contributed by atoms with Gasteiger partial charge >= 0.3 is 0 Å². The molecule has 0 atom stereocenters. The summed E-state index contributed by atoms with van der Waals surface area (Å²) in [6.45, 7) is 0. The van der Waals surface area contributed by atoms with Crippen molar-refractivity contribution in [2.24, 2.45) is 0 Å². The molecular weight excluding hydrogens is 360 g/mol. The molecule has 0 unspecified atom stereocenters. The van der Waals surface area contributed by atoms with E-state index >= 15 is 0 Å². The van der Waals surface area contributed by atoms with Gasteiger partial charge in [-0.25, -0.2) is 0 Å². The molecule has 0 radical (unpaired) electrons. The molecule has 1 aliphatic carbocycles. The summed E-state index contributed by atoms with van der Waals surface area (Å²) in [6.07, 6.45) is 2.38. The lowest BCUT2D eigenvalue weighted by Gasteiger charge is -2.19. The number of nitrogens with two attached hydrogens (primary N) is 1. The molecule has 0 fully saturated rings. The van der Waals surface area contributed by atoms with E-state index in [0.717, 1.165) is 26.4 Å². The average molecular weight is 374 g/mol. The number of nitrogens with one attached hydrogen (secondary N) is 1. The van der Waals surface area contributed by atoms with Crippen molar-refractivity contribution in [3.8, 4) is 0 Å². The molecule has 130 valence electrons. The molecule has 24 heavy (non-hydrogen) atoms. The van der Waals surface area contributed by atoms with Gasteiger partial charge in [0.25, 0.3) is 20.2 Å². The van der Waals surface area contributed by atoms with E-state index in [4.69, 9.17) is 11.1 Å². The highest BCUT2D eigenvalue weighted by Crippen LogP contribution is 2.34. The van der Waals surface area contributed by atoms with Gasteiger partial charge in [0, 0.05) is 11.3 Å². The minimum Gasteiger partial charge on any atom is -0.398 e. The number of carbonyl (C=O) groups excluding carboxylic acids is 1. The van der Waals surface area contributed by atoms with Crippen LogP contribution in [0.25, 0.3) is 6.08 Å². The third-order valence-corrected chi connectivity index (χ3v) is 5.91. The van der Waals surface area contributed by atoms with Crippen LogP contribution in [0.15, 0.2) is 17.0 Å². The Labute approximate surface area is 138 Å². The second-order valence-electron chi connectivity index (χ2n) is 4.80. The van der Waals surface area contributed by atoms with Crippen LogP contribution in [0.3, 0.4) is 0 Å². The van der Waals surface area contributed by atoms with Crippen LogP contribution in [0.2, 0.25) is 0 Å². The summed E-state index contributed by atoms with van der Waals surface area (Å²) < 4.78 is 56.4. The number of anilines is 1. The van der Waals surface area contributed by atoms with Gasteiger partial charge in [0.05, 0.1) is 19.8 Å². The number of Topliss-reactive ketones (excluding diaryl/α,β-unsaturated/α-hetero) is 1. The topological polar surface area (TPSA) is 154 Å². The van der Waals surface area contributed by atoms with Crippen molar-refractivity contribution in [2.75, 3.05) is 20.0 Å². The van der Waals surface area contributed by atoms with Crippen LogP contribution in [0.1, 0.15) is 21.5 Å². The summed E-state index contributed by atoms with van der Waals surface area (Å²) in [7, 11) is -6.39. The Morgan fingerprint density at radius 1 is 1.12 bits per heavy atom. The fourth-order valence-corrected chi connectivity index (χ4v) is 3.84. The number of fused-ring (bicyclic) bond motifs is 1. The zero-order chi connectivity index (χ0) is 18.3. The number of nitrogen functional groups attached to an aromatic ring is 1. The van der Waals surface area contributed by atoms with Gasteiger partial charge in [0.2, 0.25) is 5.78 Å². The molecule has 11 heteroatoms. The van der Waals surface area contributed by atoms with Crippen LogP contribution in [-0.2, 0) is 34.4 Å². The second kappa shape index (κ2) is 6.09. The van der Waals surface area contributed by atoms with Crippen molar-refractivity contribution in [2.45, 2.75) is 10.6 Å². The van der Waals surface area contributed by atoms with Crippen molar-refractivity contribution < 1.29 is 30.0 Å². The first kappa shape index (κ1) is 18.3. The summed E-state index contributed by atoms with van der Waals surface area (Å²) in [4.78, 5) is 11.8. The zero-order valence-corrected chi connectivity index (χ0v) is 14.3. The molecule has 1 aliphatic rings. The van der Waals surface area contributed by atoms with Crippen molar-refractivity contribution in [1.29, 1.82) is 5.41 Å². The molecule has 3 N–H and O–H groups in total. The molecule has 0 saturated heterocycles. The Balaban J connectivity index is 2.87. The third-order valence-electron chi connectivity index (χ3n) is 3.42. The monoisotopic (exact) mass is 374 g/mol. The maximum atomic E-state index is 12.2. The van der Waals surface area contributed by atoms with Gasteiger partial charge in [-0.1, -0.05) is 6.08 Å². The van der Waals surface area contributed by atoms with Gasteiger partial charge in [-0.2, -0.15) is 16.8 Å². The number of allylic oxidation sites excluding steroid dienone is 1. The predicted molar refractivity (Wildman–Crippen MR) is 85.8 cm³/mol. The lowest BCUT2D eigenvalue weighted by Crippen LogP contribution is -2.22. The molecule has 0 spiro atoms. The van der Waals surface area contributed by atoms with Crippen LogP contribution >= 0.6 is 0 Å². The normalized spacial score (nSPS) is 14.8. The van der Waals surface area contributed by atoms with E-state index in [-0.39, 0.29) is 22.4 Å². The van der Waals surface area contributed by atoms with Gasteiger partial charge in [0.1, 0.15) is 16.4 Å². The number of hydrogen-bond acceptors (Lipinski definition) is 9. The molecule has 0 amide bonds. The fraction of sp³-hybridized carbons (Fsp3) is 0.231. The number of benzene rings is 1. The van der Waals surface area contributed by atoms with Crippen molar-refractivity contribution in [3.05, 3.63) is 28.8 Å². The minimum absolute atomic E-state index is 0.0473. The molecule has 9 nitrogen and oxygen atoms in total. The van der Waals surface area contributed by atoms with Crippen LogP contribution in [-0.4, -0.2) is 42.6 Å². The largest absolute Gasteiger partial charge is 0.398 e. The number of rotatable bonds is 5. The lowest BCUT2D eigenvalue weighted by molar-refractivity contribution is 0.106. The van der Waals surface area contributed by atoms with Crippen molar-refractivity contribution in [3.63, 3.8) is 0 Å². The number of carbonyl (C=O) groups is 1. The second-order valence-corrected chi connectivity index (χ2v) is 8.22. The molecule has 0 saturated carbocycles. The maximum Gasteiger partial charge on any atom is 0.297 e. The van der Waals surface area contributed by atoms with Gasteiger partial charge in [-0.3, -0.25) is 18.6 Å². The molecule has 0 bridgehead atoms. The Kier molecular flexibility index (Phi) is 4.63. The quantitative estimate of drug-likeness (QED) is 0.551. The summed E-state index contributed by atoms with van der Waals surface area (Å²) in [5, 5.41) is 7.56. The third kappa shape index (κ3) is 3.11. The van der Waals surface area contributed by atoms with E-state index in [9.17, 15) is 21.6 Å². The van der Waals surface area contributed by atoms with E-state index in [1.54, 1.807) is 0 Å². The highest BCUT2D eigenvalue weighted by atomic mass is 32.2. The van der Waals surface area contributed by atoms with Crippen molar-refractivity contribution >= 4 is 43.5 Å². The Bertz CT molecular complexity index is 976. The average Bonchev–Trinajstić information content (AvgIpc) is 2.52. The van der Waals surface area contributed by atoms with E-state index in [2.05, 4.69) is 8.37 Å². The van der Waals surface area contributed by atoms with Gasteiger partial charge < -0.3 is 5.73 Å². The van der Waals surface area contributed by atoms with Crippen LogP contribution in [0.4, 0.5) is 5.69 Å². The minimum atomic E-state index is -4.25. The summed E-state index contributed by atoms with van der Waals surface area (Å²) in [5.74, 6) is -1.55. The predicted octanol–water partition coefficient (Wildman–Crippen LogP) is 0.309. The van der Waals surface area contributed by atoms with Crippen LogP contribution in [0.5, 0.6) is 0 Å². The summed E-state index contributed by atoms with van der Waals surface area (Å²) >= 11 is 0. The van der Waals surface area contributed by atoms with E-state index in [0.29, 0.717) is 0 Å². The molecule has 0 heterocycles. The standard InChI is InChI=1S/C13H14N2O7S2/c1-21-23(17,18)6-7-5-10(24(19,20)22-2)8-3-4-9(14)13(16)11(8)12(7)15/h3-5,14H,6,15H2,1-2H3. The maximum absolute atomic E-state index is 12.2. The molecule has 1 aromatic rings. The van der Waals surface area contributed by atoms with Gasteiger partial charge in [-0.15, -0.1) is 0 Å². The van der Waals surface area contributed by atoms with E-state index < -0.39 is 42.4 Å². The van der Waals surface area contributed by atoms with Crippen LogP contribution < -0.4 is 5.73 Å². The Morgan fingerprint density at radius 3 is 2.29 bits per heavy atom. The smallest absolute Gasteiger partial charge is 0.297 e. The first-order valence-corrected chi connectivity index (χ1v) is 9.38. The fourth-order valence-electron chi connectivity index (χ4n) is 2.20. The van der Waals surface area contributed by atoms with E-state index in [1.165, 1.54) is 6.08 Å². The van der Waals surface area contributed by atoms with E-state index in [1.807, 2.05) is 0 Å². The van der Waals surface area contributed by atoms with Gasteiger partial charge in [-0.05, 0) is 17.7 Å². The molecule has 0 aromatic heterocycles.